The number of hydrogen-bond donors (Lipinski definition) is 1. The van der Waals surface area contributed by atoms with Crippen LogP contribution in [0.2, 0.25) is 0 Å². The van der Waals surface area contributed by atoms with Crippen LogP contribution in [0.15, 0.2) is 0 Å². The van der Waals surface area contributed by atoms with Gasteiger partial charge in [0.15, 0.2) is 0 Å². The van der Waals surface area contributed by atoms with Gasteiger partial charge in [-0.1, -0.05) is 20.8 Å². The largest absolute Gasteiger partial charge is 0.390 e. The Balaban J connectivity index is 2.55. The molecule has 0 unspecified atom stereocenters. The lowest BCUT2D eigenvalue weighted by Crippen LogP contribution is -2.39. The zero-order chi connectivity index (χ0) is 10.1. The summed E-state index contributed by atoms with van der Waals surface area (Å²) in [6.07, 6.45) is 2.83. The highest BCUT2D eigenvalue weighted by molar-refractivity contribution is 4.85. The van der Waals surface area contributed by atoms with Crippen LogP contribution in [0.3, 0.4) is 0 Å². The molecule has 0 aliphatic heterocycles. The van der Waals surface area contributed by atoms with Gasteiger partial charge in [-0.3, -0.25) is 0 Å². The predicted molar refractivity (Wildman–Crippen MR) is 53.6 cm³/mol. The van der Waals surface area contributed by atoms with Gasteiger partial charge in [-0.25, -0.2) is 0 Å². The summed E-state index contributed by atoms with van der Waals surface area (Å²) in [6, 6.07) is 0. The second kappa shape index (κ2) is 3.97. The van der Waals surface area contributed by atoms with Crippen molar-refractivity contribution in [2.75, 3.05) is 7.11 Å². The van der Waals surface area contributed by atoms with Crippen molar-refractivity contribution in [1.82, 2.24) is 0 Å². The summed E-state index contributed by atoms with van der Waals surface area (Å²) in [5.41, 5.74) is 0.344. The van der Waals surface area contributed by atoms with Crippen molar-refractivity contribution in [3.63, 3.8) is 0 Å². The van der Waals surface area contributed by atoms with Crippen LogP contribution in [-0.2, 0) is 4.74 Å². The minimum absolute atomic E-state index is 0.0537. The first-order valence-corrected chi connectivity index (χ1v) is 5.16. The van der Waals surface area contributed by atoms with E-state index < -0.39 is 0 Å². The second-order valence-electron chi connectivity index (χ2n) is 5.22. The van der Waals surface area contributed by atoms with Crippen molar-refractivity contribution in [3.8, 4) is 0 Å². The molecule has 0 saturated heterocycles. The van der Waals surface area contributed by atoms with E-state index in [4.69, 9.17) is 4.74 Å². The summed E-state index contributed by atoms with van der Waals surface area (Å²) >= 11 is 0. The van der Waals surface area contributed by atoms with Crippen LogP contribution in [0.5, 0.6) is 0 Å². The van der Waals surface area contributed by atoms with Gasteiger partial charge >= 0.3 is 0 Å². The van der Waals surface area contributed by atoms with Gasteiger partial charge in [-0.2, -0.15) is 0 Å². The fourth-order valence-corrected chi connectivity index (χ4v) is 2.15. The summed E-state index contributed by atoms with van der Waals surface area (Å²) in [5.74, 6) is 0.681. The summed E-state index contributed by atoms with van der Waals surface area (Å²) in [6.45, 7) is 6.80. The fraction of sp³-hybridized carbons (Fsp3) is 1.00. The lowest BCUT2D eigenvalue weighted by Gasteiger charge is -2.39. The first-order chi connectivity index (χ1) is 5.95. The van der Waals surface area contributed by atoms with E-state index in [1.165, 1.54) is 0 Å². The molecule has 1 aliphatic rings. The second-order valence-corrected chi connectivity index (χ2v) is 5.22. The molecule has 0 amide bonds. The van der Waals surface area contributed by atoms with Gasteiger partial charge in [0.05, 0.1) is 12.2 Å². The number of rotatable bonds is 1. The van der Waals surface area contributed by atoms with Gasteiger partial charge < -0.3 is 9.84 Å². The minimum Gasteiger partial charge on any atom is -0.390 e. The molecule has 13 heavy (non-hydrogen) atoms. The van der Waals surface area contributed by atoms with Crippen molar-refractivity contribution >= 4 is 0 Å². The Labute approximate surface area is 81.3 Å². The van der Waals surface area contributed by atoms with E-state index in [-0.39, 0.29) is 12.2 Å². The maximum atomic E-state index is 9.63. The third-order valence-corrected chi connectivity index (χ3v) is 3.28. The Kier molecular flexibility index (Phi) is 3.36. The molecule has 1 saturated carbocycles. The number of ether oxygens (including phenoxy) is 1. The first kappa shape index (κ1) is 11.0. The third kappa shape index (κ3) is 2.68. The molecule has 0 aromatic heterocycles. The number of aliphatic hydroxyl groups is 1. The van der Waals surface area contributed by atoms with Crippen LogP contribution >= 0.6 is 0 Å². The van der Waals surface area contributed by atoms with E-state index in [1.807, 2.05) is 0 Å². The number of hydrogen-bond acceptors (Lipinski definition) is 2. The number of aliphatic hydroxyl groups excluding tert-OH is 1. The highest BCUT2D eigenvalue weighted by atomic mass is 16.5. The molecular formula is C11H22O2. The van der Waals surface area contributed by atoms with Crippen molar-refractivity contribution in [2.45, 2.75) is 52.2 Å². The lowest BCUT2D eigenvalue weighted by molar-refractivity contribution is -0.0651. The molecular weight excluding hydrogens is 164 g/mol. The van der Waals surface area contributed by atoms with Crippen LogP contribution in [0.4, 0.5) is 0 Å². The van der Waals surface area contributed by atoms with Crippen LogP contribution < -0.4 is 0 Å². The average Bonchev–Trinajstić information content (AvgIpc) is 2.03. The molecule has 0 heterocycles. The van der Waals surface area contributed by atoms with E-state index in [1.54, 1.807) is 7.11 Å². The quantitative estimate of drug-likeness (QED) is 0.680. The topological polar surface area (TPSA) is 29.5 Å². The fourth-order valence-electron chi connectivity index (χ4n) is 2.15. The smallest absolute Gasteiger partial charge is 0.0833 e. The molecule has 0 radical (unpaired) electrons. The van der Waals surface area contributed by atoms with E-state index in [0.717, 1.165) is 19.3 Å². The normalized spacial score (nSPS) is 36.2. The third-order valence-electron chi connectivity index (χ3n) is 3.28. The Morgan fingerprint density at radius 1 is 1.23 bits per heavy atom. The SMILES string of the molecule is CO[C@H]1C[C@H](C(C)(C)C)CC[C@@H]1O. The molecule has 1 N–H and O–H groups in total. The molecule has 1 rings (SSSR count). The highest BCUT2D eigenvalue weighted by Gasteiger charge is 2.34. The molecule has 78 valence electrons. The molecule has 1 fully saturated rings. The Bertz CT molecular complexity index is 160. The number of methoxy groups -OCH3 is 1. The zero-order valence-electron chi connectivity index (χ0n) is 9.21. The molecule has 0 bridgehead atoms. The lowest BCUT2D eigenvalue weighted by atomic mass is 9.71. The van der Waals surface area contributed by atoms with Crippen molar-refractivity contribution in [3.05, 3.63) is 0 Å². The van der Waals surface area contributed by atoms with Crippen molar-refractivity contribution < 1.29 is 9.84 Å². The molecule has 1 aliphatic carbocycles. The first-order valence-electron chi connectivity index (χ1n) is 5.16. The molecule has 0 aromatic rings. The molecule has 2 nitrogen and oxygen atoms in total. The minimum atomic E-state index is -0.247. The highest BCUT2D eigenvalue weighted by Crippen LogP contribution is 2.38. The van der Waals surface area contributed by atoms with E-state index in [0.29, 0.717) is 11.3 Å². The van der Waals surface area contributed by atoms with Gasteiger partial charge in [-0.05, 0) is 30.6 Å². The Morgan fingerprint density at radius 2 is 1.85 bits per heavy atom. The van der Waals surface area contributed by atoms with Gasteiger partial charge in [0.1, 0.15) is 0 Å². The Hall–Kier alpha value is -0.0800. The zero-order valence-corrected chi connectivity index (χ0v) is 9.21. The maximum absolute atomic E-state index is 9.63. The summed E-state index contributed by atoms with van der Waals surface area (Å²) in [7, 11) is 1.69. The van der Waals surface area contributed by atoms with Crippen LogP contribution in [0.1, 0.15) is 40.0 Å². The molecule has 3 atom stereocenters. The van der Waals surface area contributed by atoms with E-state index in [2.05, 4.69) is 20.8 Å². The summed E-state index contributed by atoms with van der Waals surface area (Å²) < 4.78 is 5.28. The standard InChI is InChI=1S/C11H22O2/c1-11(2,3)8-5-6-9(12)10(7-8)13-4/h8-10,12H,5-7H2,1-4H3/t8-,9+,10+/m1/s1. The van der Waals surface area contributed by atoms with Crippen LogP contribution in [-0.4, -0.2) is 24.4 Å². The monoisotopic (exact) mass is 186 g/mol. The van der Waals surface area contributed by atoms with E-state index >= 15 is 0 Å². The van der Waals surface area contributed by atoms with Crippen LogP contribution in [0.25, 0.3) is 0 Å². The molecule has 2 heteroatoms. The van der Waals surface area contributed by atoms with Gasteiger partial charge in [0.2, 0.25) is 0 Å². The van der Waals surface area contributed by atoms with Gasteiger partial charge in [-0.15, -0.1) is 0 Å². The van der Waals surface area contributed by atoms with Gasteiger partial charge in [0.25, 0.3) is 0 Å². The van der Waals surface area contributed by atoms with Crippen molar-refractivity contribution in [2.24, 2.45) is 11.3 Å². The van der Waals surface area contributed by atoms with Crippen molar-refractivity contribution in [1.29, 1.82) is 0 Å². The van der Waals surface area contributed by atoms with Gasteiger partial charge in [0, 0.05) is 7.11 Å². The molecule has 0 spiro atoms. The summed E-state index contributed by atoms with van der Waals surface area (Å²) in [5, 5.41) is 9.63. The average molecular weight is 186 g/mol. The van der Waals surface area contributed by atoms with E-state index in [9.17, 15) is 5.11 Å². The predicted octanol–water partition coefficient (Wildman–Crippen LogP) is 2.21. The van der Waals surface area contributed by atoms with Crippen LogP contribution in [0, 0.1) is 11.3 Å². The summed E-state index contributed by atoms with van der Waals surface area (Å²) in [4.78, 5) is 0. The Morgan fingerprint density at radius 3 is 2.31 bits per heavy atom. The molecule has 0 aromatic carbocycles. The maximum Gasteiger partial charge on any atom is 0.0833 e.